The number of methoxy groups -OCH3 is 1. The third-order valence-corrected chi connectivity index (χ3v) is 5.12. The standard InChI is InChI=1S/C16H16N4O3S2/c1-22-13-7-3-2-6-12(13)18-14(21)10-24-16-20-19-15(25-16)17-9-11-5-4-8-23-11/h2-8H,9-10H2,1H3,(H,17,19)(H,18,21). The molecule has 2 heterocycles. The number of amides is 1. The van der Waals surface area contributed by atoms with Gasteiger partial charge in [0, 0.05) is 0 Å². The van der Waals surface area contributed by atoms with Crippen LogP contribution in [-0.4, -0.2) is 29.0 Å². The van der Waals surface area contributed by atoms with E-state index in [9.17, 15) is 4.79 Å². The summed E-state index contributed by atoms with van der Waals surface area (Å²) in [5.74, 6) is 1.56. The second kappa shape index (κ2) is 8.54. The summed E-state index contributed by atoms with van der Waals surface area (Å²) < 4.78 is 11.2. The van der Waals surface area contributed by atoms with E-state index in [1.807, 2.05) is 24.3 Å². The molecule has 9 heteroatoms. The molecule has 0 aliphatic heterocycles. The molecule has 2 aromatic heterocycles. The summed E-state index contributed by atoms with van der Waals surface area (Å²) in [5.41, 5.74) is 0.647. The van der Waals surface area contributed by atoms with Crippen LogP contribution in [0.25, 0.3) is 0 Å². The zero-order valence-corrected chi connectivity index (χ0v) is 15.0. The number of carbonyl (C=O) groups is 1. The highest BCUT2D eigenvalue weighted by atomic mass is 32.2. The number of ether oxygens (including phenoxy) is 1. The van der Waals surface area contributed by atoms with Crippen molar-refractivity contribution in [2.45, 2.75) is 10.9 Å². The molecule has 0 saturated heterocycles. The van der Waals surface area contributed by atoms with Gasteiger partial charge in [-0.15, -0.1) is 10.2 Å². The maximum absolute atomic E-state index is 12.1. The summed E-state index contributed by atoms with van der Waals surface area (Å²) in [6.45, 7) is 0.542. The number of carbonyl (C=O) groups excluding carboxylic acids is 1. The van der Waals surface area contributed by atoms with Gasteiger partial charge in [-0.3, -0.25) is 4.79 Å². The number of benzene rings is 1. The maximum atomic E-state index is 12.1. The Morgan fingerprint density at radius 1 is 1.28 bits per heavy atom. The molecule has 0 saturated carbocycles. The summed E-state index contributed by atoms with van der Waals surface area (Å²) in [6, 6.07) is 11.0. The van der Waals surface area contributed by atoms with Crippen molar-refractivity contribution in [2.75, 3.05) is 23.5 Å². The molecular formula is C16H16N4O3S2. The lowest BCUT2D eigenvalue weighted by molar-refractivity contribution is -0.113. The van der Waals surface area contributed by atoms with E-state index >= 15 is 0 Å². The molecule has 1 amide bonds. The highest BCUT2D eigenvalue weighted by Gasteiger charge is 2.10. The van der Waals surface area contributed by atoms with Gasteiger partial charge in [-0.1, -0.05) is 35.2 Å². The smallest absolute Gasteiger partial charge is 0.234 e. The third kappa shape index (κ3) is 4.97. The Morgan fingerprint density at radius 3 is 2.96 bits per heavy atom. The quantitative estimate of drug-likeness (QED) is 0.582. The van der Waals surface area contributed by atoms with Crippen LogP contribution in [0.5, 0.6) is 5.75 Å². The molecule has 7 nitrogen and oxygen atoms in total. The monoisotopic (exact) mass is 376 g/mol. The van der Waals surface area contributed by atoms with Gasteiger partial charge < -0.3 is 19.8 Å². The first-order chi connectivity index (χ1) is 12.2. The zero-order valence-electron chi connectivity index (χ0n) is 13.4. The number of rotatable bonds is 8. The van der Waals surface area contributed by atoms with Crippen LogP contribution >= 0.6 is 23.1 Å². The van der Waals surface area contributed by atoms with Crippen molar-refractivity contribution < 1.29 is 13.9 Å². The van der Waals surface area contributed by atoms with Gasteiger partial charge >= 0.3 is 0 Å². The molecule has 0 radical (unpaired) electrons. The molecule has 2 N–H and O–H groups in total. The first-order valence-corrected chi connectivity index (χ1v) is 9.20. The minimum Gasteiger partial charge on any atom is -0.495 e. The van der Waals surface area contributed by atoms with Crippen molar-refractivity contribution in [3.8, 4) is 5.75 Å². The predicted molar refractivity (Wildman–Crippen MR) is 98.3 cm³/mol. The van der Waals surface area contributed by atoms with Crippen LogP contribution < -0.4 is 15.4 Å². The van der Waals surface area contributed by atoms with Crippen molar-refractivity contribution in [3.05, 3.63) is 48.4 Å². The fourth-order valence-electron chi connectivity index (χ4n) is 1.98. The normalized spacial score (nSPS) is 10.4. The van der Waals surface area contributed by atoms with E-state index in [0.29, 0.717) is 23.1 Å². The number of thioether (sulfide) groups is 1. The van der Waals surface area contributed by atoms with Crippen LogP contribution in [0.3, 0.4) is 0 Å². The Balaban J connectivity index is 1.47. The minimum atomic E-state index is -0.130. The molecule has 3 aromatic rings. The highest BCUT2D eigenvalue weighted by molar-refractivity contribution is 8.01. The van der Waals surface area contributed by atoms with Crippen LogP contribution in [0.4, 0.5) is 10.8 Å². The second-order valence-electron chi connectivity index (χ2n) is 4.84. The Bertz CT molecular complexity index is 820. The second-order valence-corrected chi connectivity index (χ2v) is 7.04. The molecule has 0 spiro atoms. The zero-order chi connectivity index (χ0) is 17.5. The highest BCUT2D eigenvalue weighted by Crippen LogP contribution is 2.27. The van der Waals surface area contributed by atoms with Gasteiger partial charge in [-0.25, -0.2) is 0 Å². The summed E-state index contributed by atoms with van der Waals surface area (Å²) >= 11 is 2.73. The molecular weight excluding hydrogens is 360 g/mol. The molecule has 0 aliphatic rings. The number of nitrogens with zero attached hydrogens (tertiary/aromatic N) is 2. The Hall–Kier alpha value is -2.52. The Labute approximate surface area is 152 Å². The van der Waals surface area contributed by atoms with E-state index < -0.39 is 0 Å². The lowest BCUT2D eigenvalue weighted by Gasteiger charge is -2.08. The van der Waals surface area contributed by atoms with Crippen LogP contribution in [0, 0.1) is 0 Å². The van der Waals surface area contributed by atoms with Gasteiger partial charge in [0.25, 0.3) is 0 Å². The summed E-state index contributed by atoms with van der Waals surface area (Å²) in [6.07, 6.45) is 1.62. The third-order valence-electron chi connectivity index (χ3n) is 3.11. The maximum Gasteiger partial charge on any atom is 0.234 e. The lowest BCUT2D eigenvalue weighted by Crippen LogP contribution is -2.14. The largest absolute Gasteiger partial charge is 0.495 e. The van der Waals surface area contributed by atoms with Crippen LogP contribution in [0.2, 0.25) is 0 Å². The summed E-state index contributed by atoms with van der Waals surface area (Å²) in [7, 11) is 1.57. The van der Waals surface area contributed by atoms with E-state index in [1.165, 1.54) is 23.1 Å². The molecule has 25 heavy (non-hydrogen) atoms. The van der Waals surface area contributed by atoms with E-state index in [2.05, 4.69) is 20.8 Å². The first-order valence-electron chi connectivity index (χ1n) is 7.40. The number of para-hydroxylation sites is 2. The number of furan rings is 1. The van der Waals surface area contributed by atoms with Gasteiger partial charge in [0.05, 0.1) is 31.4 Å². The van der Waals surface area contributed by atoms with Gasteiger partial charge in [-0.2, -0.15) is 0 Å². The van der Waals surface area contributed by atoms with Crippen molar-refractivity contribution in [2.24, 2.45) is 0 Å². The number of nitrogens with one attached hydrogen (secondary N) is 2. The average Bonchev–Trinajstić information content (AvgIpc) is 3.30. The van der Waals surface area contributed by atoms with Crippen molar-refractivity contribution in [3.63, 3.8) is 0 Å². The molecule has 1 aromatic carbocycles. The Kier molecular flexibility index (Phi) is 5.91. The molecule has 0 aliphatic carbocycles. The molecule has 130 valence electrons. The van der Waals surface area contributed by atoms with Crippen LogP contribution in [0.1, 0.15) is 5.76 Å². The molecule has 0 atom stereocenters. The van der Waals surface area contributed by atoms with E-state index in [0.717, 1.165) is 10.1 Å². The fraction of sp³-hybridized carbons (Fsp3) is 0.188. The van der Waals surface area contributed by atoms with Gasteiger partial charge in [-0.05, 0) is 24.3 Å². The lowest BCUT2D eigenvalue weighted by atomic mass is 10.3. The van der Waals surface area contributed by atoms with Crippen LogP contribution in [0.15, 0.2) is 51.4 Å². The van der Waals surface area contributed by atoms with Crippen LogP contribution in [-0.2, 0) is 11.3 Å². The van der Waals surface area contributed by atoms with Gasteiger partial charge in [0.2, 0.25) is 11.0 Å². The number of aromatic nitrogens is 2. The predicted octanol–water partition coefficient (Wildman–Crippen LogP) is 3.48. The van der Waals surface area contributed by atoms with Crippen molar-refractivity contribution in [1.82, 2.24) is 10.2 Å². The van der Waals surface area contributed by atoms with Crippen molar-refractivity contribution >= 4 is 39.8 Å². The molecule has 0 fully saturated rings. The molecule has 0 bridgehead atoms. The first kappa shape index (κ1) is 17.3. The van der Waals surface area contributed by atoms with Crippen molar-refractivity contribution in [1.29, 1.82) is 0 Å². The topological polar surface area (TPSA) is 89.3 Å². The SMILES string of the molecule is COc1ccccc1NC(=O)CSc1nnc(NCc2ccco2)s1. The average molecular weight is 376 g/mol. The van der Waals surface area contributed by atoms with E-state index in [-0.39, 0.29) is 11.7 Å². The summed E-state index contributed by atoms with van der Waals surface area (Å²) in [4.78, 5) is 12.1. The minimum absolute atomic E-state index is 0.130. The summed E-state index contributed by atoms with van der Waals surface area (Å²) in [5, 5.41) is 14.8. The Morgan fingerprint density at radius 2 is 2.16 bits per heavy atom. The number of anilines is 2. The number of hydrogen-bond donors (Lipinski definition) is 2. The molecule has 0 unspecified atom stereocenters. The fourth-order valence-corrected chi connectivity index (χ4v) is 3.52. The number of hydrogen-bond acceptors (Lipinski definition) is 8. The molecule has 3 rings (SSSR count). The van der Waals surface area contributed by atoms with E-state index in [4.69, 9.17) is 9.15 Å². The van der Waals surface area contributed by atoms with Gasteiger partial charge in [0.15, 0.2) is 4.34 Å². The van der Waals surface area contributed by atoms with Gasteiger partial charge in [0.1, 0.15) is 11.5 Å². The van der Waals surface area contributed by atoms with E-state index in [1.54, 1.807) is 25.5 Å².